The maximum Gasteiger partial charge on any atom is 0.276 e. The number of fused-ring (bicyclic) bond motifs is 1. The number of benzene rings is 1. The Kier molecular flexibility index (Phi) is 2.52. The van der Waals surface area contributed by atoms with Crippen LogP contribution in [-0.4, -0.2) is 17.7 Å². The average molecular weight is 228 g/mol. The van der Waals surface area contributed by atoms with E-state index in [2.05, 4.69) is 5.32 Å². The van der Waals surface area contributed by atoms with Crippen molar-refractivity contribution in [2.75, 3.05) is 18.1 Å². The lowest BCUT2D eigenvalue weighted by Gasteiger charge is -2.06. The Morgan fingerprint density at radius 3 is 3.00 bits per heavy atom. The first-order chi connectivity index (χ1) is 7.15. The van der Waals surface area contributed by atoms with E-state index >= 15 is 0 Å². The van der Waals surface area contributed by atoms with Crippen molar-refractivity contribution >= 4 is 23.1 Å². The molecule has 0 fully saturated rings. The van der Waals surface area contributed by atoms with E-state index in [1.807, 2.05) is 6.26 Å². The lowest BCUT2D eigenvalue weighted by molar-refractivity contribution is -0.385. The van der Waals surface area contributed by atoms with Crippen LogP contribution < -0.4 is 5.32 Å². The number of halogens is 1. The molecule has 0 bridgehead atoms. The lowest BCUT2D eigenvalue weighted by Crippen LogP contribution is -1.98. The first-order valence-corrected chi connectivity index (χ1v) is 5.67. The molecule has 4 nitrogen and oxygen atoms in total. The Hall–Kier alpha value is -1.30. The highest BCUT2D eigenvalue weighted by atomic mass is 32.2. The number of nitro benzene ring substituents is 1. The monoisotopic (exact) mass is 228 g/mol. The summed E-state index contributed by atoms with van der Waals surface area (Å²) in [5.41, 5.74) is 0.756. The topological polar surface area (TPSA) is 55.2 Å². The molecule has 1 aromatic rings. The summed E-state index contributed by atoms with van der Waals surface area (Å²) in [5, 5.41) is 13.6. The molecule has 0 aliphatic carbocycles. The molecule has 1 heterocycles. The van der Waals surface area contributed by atoms with E-state index in [9.17, 15) is 14.5 Å². The van der Waals surface area contributed by atoms with Gasteiger partial charge in [-0.2, -0.15) is 11.8 Å². The molecule has 0 saturated heterocycles. The molecule has 1 atom stereocenters. The zero-order valence-corrected chi connectivity index (χ0v) is 8.81. The molecule has 0 saturated carbocycles. The van der Waals surface area contributed by atoms with Crippen molar-refractivity contribution in [2.24, 2.45) is 0 Å². The van der Waals surface area contributed by atoms with E-state index in [0.717, 1.165) is 6.07 Å². The van der Waals surface area contributed by atoms with Crippen molar-refractivity contribution in [2.45, 2.75) is 5.25 Å². The van der Waals surface area contributed by atoms with Gasteiger partial charge in [0.1, 0.15) is 5.82 Å². The number of nitrogens with zero attached hydrogens (tertiary/aromatic N) is 1. The molecule has 80 valence electrons. The van der Waals surface area contributed by atoms with Gasteiger partial charge >= 0.3 is 0 Å². The lowest BCUT2D eigenvalue weighted by atomic mass is 10.1. The number of nitrogens with one attached hydrogen (secondary N) is 1. The number of hydrogen-bond donors (Lipinski definition) is 1. The summed E-state index contributed by atoms with van der Waals surface area (Å²) >= 11 is 1.48. The molecule has 0 aromatic heterocycles. The number of anilines is 1. The van der Waals surface area contributed by atoms with E-state index in [4.69, 9.17) is 0 Å². The molecule has 1 unspecified atom stereocenters. The van der Waals surface area contributed by atoms with E-state index in [1.165, 1.54) is 17.8 Å². The van der Waals surface area contributed by atoms with Crippen LogP contribution in [0.15, 0.2) is 12.1 Å². The van der Waals surface area contributed by atoms with Crippen LogP contribution in [0.4, 0.5) is 15.8 Å². The Balaban J connectivity index is 2.61. The Labute approximate surface area is 90.0 Å². The van der Waals surface area contributed by atoms with Crippen molar-refractivity contribution in [3.63, 3.8) is 0 Å². The van der Waals surface area contributed by atoms with Crippen LogP contribution in [0.25, 0.3) is 0 Å². The molecule has 0 spiro atoms. The molecule has 1 aromatic carbocycles. The summed E-state index contributed by atoms with van der Waals surface area (Å²) in [6.07, 6.45) is 1.86. The number of rotatable bonds is 2. The molecule has 1 N–H and O–H groups in total. The predicted octanol–water partition coefficient (Wildman–Crippen LogP) is 2.56. The van der Waals surface area contributed by atoms with Crippen molar-refractivity contribution < 1.29 is 9.31 Å². The Bertz CT molecular complexity index is 425. The van der Waals surface area contributed by atoms with Crippen LogP contribution in [0.1, 0.15) is 10.8 Å². The second kappa shape index (κ2) is 3.69. The van der Waals surface area contributed by atoms with Gasteiger partial charge in [-0.25, -0.2) is 4.39 Å². The summed E-state index contributed by atoms with van der Waals surface area (Å²) in [4.78, 5) is 10.3. The van der Waals surface area contributed by atoms with Crippen LogP contribution in [0, 0.1) is 15.9 Å². The van der Waals surface area contributed by atoms with Gasteiger partial charge in [0.2, 0.25) is 0 Å². The highest BCUT2D eigenvalue weighted by Gasteiger charge is 2.32. The van der Waals surface area contributed by atoms with Crippen LogP contribution in [0.2, 0.25) is 0 Å². The number of hydrogen-bond acceptors (Lipinski definition) is 4. The summed E-state index contributed by atoms with van der Waals surface area (Å²) < 4.78 is 13.3. The summed E-state index contributed by atoms with van der Waals surface area (Å²) in [7, 11) is 0. The van der Waals surface area contributed by atoms with Crippen molar-refractivity contribution in [1.29, 1.82) is 0 Å². The molecule has 2 rings (SSSR count). The van der Waals surface area contributed by atoms with Gasteiger partial charge in [-0.05, 0) is 12.3 Å². The minimum absolute atomic E-state index is 0.00394. The minimum atomic E-state index is -0.464. The van der Waals surface area contributed by atoms with Crippen LogP contribution in [0.3, 0.4) is 0 Å². The molecular weight excluding hydrogens is 219 g/mol. The zero-order valence-electron chi connectivity index (χ0n) is 7.99. The van der Waals surface area contributed by atoms with Crippen LogP contribution in [-0.2, 0) is 0 Å². The normalized spacial score (nSPS) is 18.4. The summed E-state index contributed by atoms with van der Waals surface area (Å²) in [6.45, 7) is 0.540. The molecule has 6 heteroatoms. The fraction of sp³-hybridized carbons (Fsp3) is 0.333. The average Bonchev–Trinajstić information content (AvgIpc) is 2.62. The highest BCUT2D eigenvalue weighted by molar-refractivity contribution is 7.98. The van der Waals surface area contributed by atoms with Gasteiger partial charge in [0.05, 0.1) is 21.4 Å². The van der Waals surface area contributed by atoms with E-state index in [0.29, 0.717) is 12.1 Å². The maximum atomic E-state index is 13.3. The van der Waals surface area contributed by atoms with Gasteiger partial charge in [-0.15, -0.1) is 0 Å². The first-order valence-electron chi connectivity index (χ1n) is 4.38. The van der Waals surface area contributed by atoms with Gasteiger partial charge < -0.3 is 5.32 Å². The summed E-state index contributed by atoms with van der Waals surface area (Å²) in [6, 6.07) is 2.36. The van der Waals surface area contributed by atoms with Gasteiger partial charge in [-0.1, -0.05) is 0 Å². The largest absolute Gasteiger partial charge is 0.381 e. The fourth-order valence-electron chi connectivity index (χ4n) is 1.74. The van der Waals surface area contributed by atoms with Gasteiger partial charge in [-0.3, -0.25) is 10.1 Å². The standard InChI is InChI=1S/C9H9FN2O2S/c1-15-7-4-11-9-5(10)2-3-6(8(7)9)12(13)14/h2-3,7,11H,4H2,1H3. The first kappa shape index (κ1) is 10.2. The number of nitro groups is 1. The smallest absolute Gasteiger partial charge is 0.276 e. The highest BCUT2D eigenvalue weighted by Crippen LogP contribution is 2.44. The van der Waals surface area contributed by atoms with Crippen molar-refractivity contribution in [3.05, 3.63) is 33.6 Å². The van der Waals surface area contributed by atoms with Gasteiger partial charge in [0.15, 0.2) is 0 Å². The molecule has 1 aliphatic rings. The second-order valence-electron chi connectivity index (χ2n) is 3.22. The van der Waals surface area contributed by atoms with Crippen LogP contribution in [0.5, 0.6) is 0 Å². The Morgan fingerprint density at radius 2 is 2.40 bits per heavy atom. The molecule has 0 amide bonds. The predicted molar refractivity (Wildman–Crippen MR) is 57.8 cm³/mol. The molecule has 1 aliphatic heterocycles. The van der Waals surface area contributed by atoms with Gasteiger partial charge in [0.25, 0.3) is 5.69 Å². The Morgan fingerprint density at radius 1 is 1.67 bits per heavy atom. The van der Waals surface area contributed by atoms with E-state index in [1.54, 1.807) is 0 Å². The van der Waals surface area contributed by atoms with Gasteiger partial charge in [0, 0.05) is 12.6 Å². The third-order valence-electron chi connectivity index (χ3n) is 2.44. The SMILES string of the molecule is CSC1CNc2c(F)ccc([N+](=O)[O-])c21. The van der Waals surface area contributed by atoms with E-state index in [-0.39, 0.29) is 16.6 Å². The second-order valence-corrected chi connectivity index (χ2v) is 4.26. The molecule has 15 heavy (non-hydrogen) atoms. The van der Waals surface area contributed by atoms with Crippen molar-refractivity contribution in [3.8, 4) is 0 Å². The van der Waals surface area contributed by atoms with Crippen molar-refractivity contribution in [1.82, 2.24) is 0 Å². The summed E-state index contributed by atoms with van der Waals surface area (Å²) in [5.74, 6) is -0.424. The zero-order chi connectivity index (χ0) is 11.0. The van der Waals surface area contributed by atoms with E-state index < -0.39 is 10.7 Å². The molecular formula is C9H9FN2O2S. The van der Waals surface area contributed by atoms with Crippen LogP contribution >= 0.6 is 11.8 Å². The third-order valence-corrected chi connectivity index (χ3v) is 3.41. The quantitative estimate of drug-likeness (QED) is 0.624. The number of thioether (sulfide) groups is 1. The minimum Gasteiger partial charge on any atom is -0.381 e. The fourth-order valence-corrected chi connectivity index (χ4v) is 2.47. The maximum absolute atomic E-state index is 13.3. The third kappa shape index (κ3) is 1.54. The molecule has 0 radical (unpaired) electrons.